The standard InChI is InChI=1S/C32H40F2N4O5/c1-31(11-12-31)30(42)36-13-8-19(9-14-36)21-16-37(17-21)27-25(3-2-10-32(27,33)34)43-22-4-5-23-20(15-22)18-38(29(23)41)24-6-7-26(39)35-28(24)40/h4-5,15,19,21,24-25,27H,2-3,6-14,16-18H2,1H3,(H,35,39,40)/t24?,25-,27+/m0/s1. The number of carbonyl (C=O) groups excluding carboxylic acids is 4. The summed E-state index contributed by atoms with van der Waals surface area (Å²) in [6, 6.07) is 3.32. The molecule has 4 heterocycles. The molecule has 1 unspecified atom stereocenters. The maximum Gasteiger partial charge on any atom is 0.266 e. The molecule has 9 nitrogen and oxygen atoms in total. The van der Waals surface area contributed by atoms with Crippen molar-refractivity contribution in [2.75, 3.05) is 26.2 Å². The van der Waals surface area contributed by atoms with Crippen LogP contribution in [0.1, 0.15) is 80.6 Å². The van der Waals surface area contributed by atoms with Crippen LogP contribution in [0.2, 0.25) is 0 Å². The van der Waals surface area contributed by atoms with Crippen LogP contribution >= 0.6 is 0 Å². The summed E-state index contributed by atoms with van der Waals surface area (Å²) >= 11 is 0. The Labute approximate surface area is 250 Å². The number of nitrogens with one attached hydrogen (secondary N) is 1. The Morgan fingerprint density at radius 1 is 1.00 bits per heavy atom. The first kappa shape index (κ1) is 28.7. The maximum atomic E-state index is 15.4. The van der Waals surface area contributed by atoms with Gasteiger partial charge in [-0.25, -0.2) is 8.78 Å². The lowest BCUT2D eigenvalue weighted by Crippen LogP contribution is -2.66. The molecule has 7 rings (SSSR count). The highest BCUT2D eigenvalue weighted by atomic mass is 19.3. The van der Waals surface area contributed by atoms with Crippen molar-refractivity contribution in [3.8, 4) is 5.75 Å². The van der Waals surface area contributed by atoms with E-state index < -0.39 is 30.0 Å². The van der Waals surface area contributed by atoms with Gasteiger partial charge in [0, 0.05) is 56.5 Å². The van der Waals surface area contributed by atoms with Gasteiger partial charge in [0.1, 0.15) is 23.9 Å². The number of amides is 4. The van der Waals surface area contributed by atoms with Gasteiger partial charge in [0.2, 0.25) is 17.7 Å². The van der Waals surface area contributed by atoms with E-state index in [1.807, 2.05) is 16.7 Å². The van der Waals surface area contributed by atoms with Gasteiger partial charge in [-0.05, 0) is 80.5 Å². The van der Waals surface area contributed by atoms with Crippen molar-refractivity contribution in [2.45, 2.75) is 95.4 Å². The molecule has 232 valence electrons. The highest BCUT2D eigenvalue weighted by Gasteiger charge is 2.55. The molecule has 3 saturated heterocycles. The lowest BCUT2D eigenvalue weighted by Gasteiger charge is -2.53. The number of imide groups is 1. The zero-order chi connectivity index (χ0) is 30.1. The Kier molecular flexibility index (Phi) is 7.02. The summed E-state index contributed by atoms with van der Waals surface area (Å²) in [5.74, 6) is -2.41. The minimum Gasteiger partial charge on any atom is -0.489 e. The molecule has 1 aromatic rings. The monoisotopic (exact) mass is 598 g/mol. The summed E-state index contributed by atoms with van der Waals surface area (Å²) in [5.41, 5.74) is 1.01. The molecule has 3 atom stereocenters. The number of halogens is 2. The first-order valence-electron chi connectivity index (χ1n) is 15.9. The van der Waals surface area contributed by atoms with E-state index in [1.165, 1.54) is 4.90 Å². The smallest absolute Gasteiger partial charge is 0.266 e. The summed E-state index contributed by atoms with van der Waals surface area (Å²) in [5, 5.41) is 2.30. The topological polar surface area (TPSA) is 99.3 Å². The largest absolute Gasteiger partial charge is 0.489 e. The molecule has 6 aliphatic rings. The zero-order valence-electron chi connectivity index (χ0n) is 24.7. The minimum absolute atomic E-state index is 0.150. The highest BCUT2D eigenvalue weighted by Crippen LogP contribution is 2.48. The fourth-order valence-corrected chi connectivity index (χ4v) is 7.97. The van der Waals surface area contributed by atoms with Crippen LogP contribution in [0.5, 0.6) is 5.75 Å². The number of alkyl halides is 2. The average molecular weight is 599 g/mol. The van der Waals surface area contributed by atoms with Crippen LogP contribution in [0.3, 0.4) is 0 Å². The summed E-state index contributed by atoms with van der Waals surface area (Å²) in [6.07, 6.45) is 4.36. The minimum atomic E-state index is -2.86. The highest BCUT2D eigenvalue weighted by molar-refractivity contribution is 6.05. The predicted octanol–water partition coefficient (Wildman–Crippen LogP) is 3.35. The van der Waals surface area contributed by atoms with Gasteiger partial charge in [0.15, 0.2) is 0 Å². The van der Waals surface area contributed by atoms with Crippen LogP contribution in [-0.2, 0) is 20.9 Å². The molecular weight excluding hydrogens is 558 g/mol. The van der Waals surface area contributed by atoms with E-state index in [2.05, 4.69) is 5.32 Å². The molecule has 4 amide bonds. The average Bonchev–Trinajstić information content (AvgIpc) is 3.62. The molecule has 5 fully saturated rings. The van der Waals surface area contributed by atoms with Crippen LogP contribution < -0.4 is 10.1 Å². The molecule has 0 bridgehead atoms. The molecule has 11 heteroatoms. The van der Waals surface area contributed by atoms with Crippen molar-refractivity contribution in [1.82, 2.24) is 20.0 Å². The molecule has 43 heavy (non-hydrogen) atoms. The quantitative estimate of drug-likeness (QED) is 0.505. The van der Waals surface area contributed by atoms with E-state index in [-0.39, 0.29) is 48.9 Å². The summed E-state index contributed by atoms with van der Waals surface area (Å²) in [7, 11) is 0. The normalized spacial score (nSPS) is 31.0. The number of rotatable bonds is 6. The Hall–Kier alpha value is -3.08. The summed E-state index contributed by atoms with van der Waals surface area (Å²) < 4.78 is 37.1. The van der Waals surface area contributed by atoms with Gasteiger partial charge in [0.05, 0.1) is 0 Å². The fraction of sp³-hybridized carbons (Fsp3) is 0.688. The van der Waals surface area contributed by atoms with E-state index in [0.717, 1.165) is 38.8 Å². The number of nitrogens with zero attached hydrogens (tertiary/aromatic N) is 3. The Bertz CT molecular complexity index is 1330. The van der Waals surface area contributed by atoms with Crippen LogP contribution in [0.15, 0.2) is 18.2 Å². The lowest BCUT2D eigenvalue weighted by molar-refractivity contribution is -0.173. The number of carbonyl (C=O) groups is 4. The van der Waals surface area contributed by atoms with Gasteiger partial charge in [-0.3, -0.25) is 29.4 Å². The number of hydrogen-bond donors (Lipinski definition) is 1. The van der Waals surface area contributed by atoms with Gasteiger partial charge in [-0.2, -0.15) is 0 Å². The van der Waals surface area contributed by atoms with E-state index in [4.69, 9.17) is 4.74 Å². The SMILES string of the molecule is CC1(C(=O)N2CCC(C3CN([C@@H]4[C@@H](Oc5ccc6c(c5)CN(C5CCC(=O)NC5=O)C6=O)CCCC4(F)F)C3)CC2)CC1. The van der Waals surface area contributed by atoms with Gasteiger partial charge >= 0.3 is 0 Å². The van der Waals surface area contributed by atoms with E-state index in [1.54, 1.807) is 18.2 Å². The van der Waals surface area contributed by atoms with Crippen molar-refractivity contribution >= 4 is 23.6 Å². The van der Waals surface area contributed by atoms with Crippen molar-refractivity contribution in [2.24, 2.45) is 17.3 Å². The first-order chi connectivity index (χ1) is 20.5. The Morgan fingerprint density at radius 2 is 1.74 bits per heavy atom. The van der Waals surface area contributed by atoms with E-state index >= 15 is 8.78 Å². The third-order valence-electron chi connectivity index (χ3n) is 10.9. The first-order valence-corrected chi connectivity index (χ1v) is 15.9. The molecule has 0 spiro atoms. The number of likely N-dealkylation sites (tertiary alicyclic amines) is 2. The van der Waals surface area contributed by atoms with Crippen LogP contribution in [0, 0.1) is 17.3 Å². The third kappa shape index (κ3) is 5.21. The van der Waals surface area contributed by atoms with Crippen molar-refractivity contribution < 1.29 is 32.7 Å². The Morgan fingerprint density at radius 3 is 2.44 bits per heavy atom. The maximum absolute atomic E-state index is 15.4. The van der Waals surface area contributed by atoms with Crippen molar-refractivity contribution in [1.29, 1.82) is 0 Å². The zero-order valence-corrected chi connectivity index (χ0v) is 24.7. The number of benzene rings is 1. The summed E-state index contributed by atoms with van der Waals surface area (Å²) in [4.78, 5) is 55.1. The second-order valence-electron chi connectivity index (χ2n) is 13.9. The molecule has 1 N–H and O–H groups in total. The molecule has 1 aromatic carbocycles. The van der Waals surface area contributed by atoms with Crippen LogP contribution in [-0.4, -0.2) is 88.6 Å². The molecule has 0 aromatic heterocycles. The molecular formula is C32H40F2N4O5. The molecule has 4 aliphatic heterocycles. The lowest BCUT2D eigenvalue weighted by atomic mass is 9.76. The van der Waals surface area contributed by atoms with E-state index in [0.29, 0.717) is 54.6 Å². The number of piperidine rings is 2. The Balaban J connectivity index is 0.982. The molecule has 0 radical (unpaired) electrons. The molecule has 2 saturated carbocycles. The second-order valence-corrected chi connectivity index (χ2v) is 13.9. The predicted molar refractivity (Wildman–Crippen MR) is 151 cm³/mol. The van der Waals surface area contributed by atoms with Gasteiger partial charge in [-0.1, -0.05) is 6.92 Å². The second kappa shape index (κ2) is 10.5. The van der Waals surface area contributed by atoms with E-state index in [9.17, 15) is 19.2 Å². The van der Waals surface area contributed by atoms with Gasteiger partial charge < -0.3 is 14.5 Å². The molecule has 2 aliphatic carbocycles. The number of fused-ring (bicyclic) bond motifs is 1. The van der Waals surface area contributed by atoms with Crippen molar-refractivity contribution in [3.63, 3.8) is 0 Å². The van der Waals surface area contributed by atoms with Crippen LogP contribution in [0.4, 0.5) is 8.78 Å². The fourth-order valence-electron chi connectivity index (χ4n) is 7.97. The van der Waals surface area contributed by atoms with Crippen LogP contribution in [0.25, 0.3) is 0 Å². The number of hydrogen-bond acceptors (Lipinski definition) is 6. The van der Waals surface area contributed by atoms with Crippen molar-refractivity contribution in [3.05, 3.63) is 29.3 Å². The van der Waals surface area contributed by atoms with Gasteiger partial charge in [-0.15, -0.1) is 0 Å². The number of ether oxygens (including phenoxy) is 1. The summed E-state index contributed by atoms with van der Waals surface area (Å²) in [6.45, 7) is 5.03. The van der Waals surface area contributed by atoms with Gasteiger partial charge in [0.25, 0.3) is 11.8 Å². The third-order valence-corrected chi connectivity index (χ3v) is 10.9.